The number of aliphatic carboxylic acids is 1. The van der Waals surface area contributed by atoms with Crippen LogP contribution in [0.25, 0.3) is 0 Å². The van der Waals surface area contributed by atoms with E-state index >= 15 is 0 Å². The smallest absolute Gasteiger partial charge is 0.326 e. The molecule has 0 aromatic heterocycles. The lowest BCUT2D eigenvalue weighted by atomic mass is 10.2. The summed E-state index contributed by atoms with van der Waals surface area (Å²) in [7, 11) is 0. The van der Waals surface area contributed by atoms with Crippen LogP contribution in [0.1, 0.15) is 29.6 Å². The zero-order valence-electron chi connectivity index (χ0n) is 11.8. The quantitative estimate of drug-likeness (QED) is 0.680. The van der Waals surface area contributed by atoms with Gasteiger partial charge in [0.25, 0.3) is 5.91 Å². The number of carbonyl (C=O) groups is 3. The third-order valence-electron chi connectivity index (χ3n) is 3.42. The van der Waals surface area contributed by atoms with Crippen LogP contribution in [-0.2, 0) is 9.59 Å². The second-order valence-electron chi connectivity index (χ2n) is 5.23. The monoisotopic (exact) mass is 368 g/mol. The predicted octanol–water partition coefficient (Wildman–Crippen LogP) is 1.55. The van der Waals surface area contributed by atoms with Crippen LogP contribution in [0.15, 0.2) is 28.7 Å². The van der Waals surface area contributed by atoms with Gasteiger partial charge >= 0.3 is 5.97 Å². The summed E-state index contributed by atoms with van der Waals surface area (Å²) in [5.41, 5.74) is 0.505. The Bertz CT molecular complexity index is 569. The molecule has 1 saturated carbocycles. The molecule has 1 aliphatic rings. The highest BCUT2D eigenvalue weighted by molar-refractivity contribution is 9.10. The van der Waals surface area contributed by atoms with E-state index in [0.717, 1.165) is 17.3 Å². The maximum atomic E-state index is 11.8. The van der Waals surface area contributed by atoms with Crippen molar-refractivity contribution in [2.75, 3.05) is 6.54 Å². The van der Waals surface area contributed by atoms with Crippen LogP contribution in [-0.4, -0.2) is 35.5 Å². The van der Waals surface area contributed by atoms with Crippen molar-refractivity contribution < 1.29 is 19.5 Å². The molecule has 3 N–H and O–H groups in total. The average Bonchev–Trinajstić information content (AvgIpc) is 3.29. The Hall–Kier alpha value is -1.89. The fourth-order valence-corrected chi connectivity index (χ4v) is 2.31. The van der Waals surface area contributed by atoms with Crippen molar-refractivity contribution in [1.82, 2.24) is 10.6 Å². The zero-order valence-corrected chi connectivity index (χ0v) is 13.4. The van der Waals surface area contributed by atoms with E-state index < -0.39 is 12.0 Å². The van der Waals surface area contributed by atoms with Gasteiger partial charge in [-0.05, 0) is 43.0 Å². The molecule has 1 unspecified atom stereocenters. The van der Waals surface area contributed by atoms with Crippen molar-refractivity contribution in [2.24, 2.45) is 5.92 Å². The molecule has 118 valence electrons. The van der Waals surface area contributed by atoms with Gasteiger partial charge in [0.15, 0.2) is 0 Å². The molecule has 2 rings (SSSR count). The Morgan fingerprint density at radius 3 is 2.41 bits per heavy atom. The Kier molecular flexibility index (Phi) is 5.54. The molecule has 1 aromatic rings. The van der Waals surface area contributed by atoms with Crippen LogP contribution in [0.4, 0.5) is 0 Å². The fraction of sp³-hybridized carbons (Fsp3) is 0.400. The number of hydrogen-bond acceptors (Lipinski definition) is 3. The molecule has 2 amide bonds. The highest BCUT2D eigenvalue weighted by Crippen LogP contribution is 2.32. The summed E-state index contributed by atoms with van der Waals surface area (Å²) in [4.78, 5) is 34.6. The third-order valence-corrected chi connectivity index (χ3v) is 3.95. The van der Waals surface area contributed by atoms with Gasteiger partial charge in [-0.25, -0.2) is 4.79 Å². The van der Waals surface area contributed by atoms with Crippen molar-refractivity contribution in [1.29, 1.82) is 0 Å². The van der Waals surface area contributed by atoms with Gasteiger partial charge in [0.05, 0.1) is 0 Å². The molecule has 0 saturated heterocycles. The first kappa shape index (κ1) is 16.5. The Morgan fingerprint density at radius 2 is 1.86 bits per heavy atom. The van der Waals surface area contributed by atoms with Crippen LogP contribution in [0, 0.1) is 5.92 Å². The van der Waals surface area contributed by atoms with Gasteiger partial charge in [-0.3, -0.25) is 9.59 Å². The van der Waals surface area contributed by atoms with E-state index in [1.807, 2.05) is 0 Å². The predicted molar refractivity (Wildman–Crippen MR) is 83.4 cm³/mol. The van der Waals surface area contributed by atoms with Gasteiger partial charge in [-0.15, -0.1) is 0 Å². The molecular formula is C15H17BrN2O4. The highest BCUT2D eigenvalue weighted by Gasteiger charge is 2.37. The molecular weight excluding hydrogens is 352 g/mol. The number of benzene rings is 1. The van der Waals surface area contributed by atoms with Crippen molar-refractivity contribution >= 4 is 33.7 Å². The summed E-state index contributed by atoms with van der Waals surface area (Å²) >= 11 is 3.28. The van der Waals surface area contributed by atoms with Crippen molar-refractivity contribution in [2.45, 2.75) is 25.3 Å². The van der Waals surface area contributed by atoms with E-state index in [9.17, 15) is 14.4 Å². The molecule has 1 atom stereocenters. The van der Waals surface area contributed by atoms with Gasteiger partial charge < -0.3 is 15.7 Å². The van der Waals surface area contributed by atoms with E-state index in [-0.39, 0.29) is 30.7 Å². The maximum Gasteiger partial charge on any atom is 0.326 e. The van der Waals surface area contributed by atoms with E-state index in [4.69, 9.17) is 5.11 Å². The second-order valence-corrected chi connectivity index (χ2v) is 6.15. The average molecular weight is 369 g/mol. The molecule has 0 radical (unpaired) electrons. The van der Waals surface area contributed by atoms with Crippen molar-refractivity contribution in [3.05, 3.63) is 34.3 Å². The van der Waals surface area contributed by atoms with E-state index in [1.165, 1.54) is 0 Å². The van der Waals surface area contributed by atoms with E-state index in [1.54, 1.807) is 24.3 Å². The summed E-state index contributed by atoms with van der Waals surface area (Å²) in [6.45, 7) is 0.164. The van der Waals surface area contributed by atoms with Gasteiger partial charge in [-0.1, -0.05) is 15.9 Å². The first-order chi connectivity index (χ1) is 10.5. The summed E-state index contributed by atoms with van der Waals surface area (Å²) in [5.74, 6) is -1.60. The first-order valence-electron chi connectivity index (χ1n) is 7.03. The second kappa shape index (κ2) is 7.40. The summed E-state index contributed by atoms with van der Waals surface area (Å²) < 4.78 is 0.878. The first-order valence-corrected chi connectivity index (χ1v) is 7.82. The lowest BCUT2D eigenvalue weighted by Gasteiger charge is -2.13. The van der Waals surface area contributed by atoms with Crippen LogP contribution in [0.2, 0.25) is 0 Å². The molecule has 7 heteroatoms. The van der Waals surface area contributed by atoms with Crippen LogP contribution >= 0.6 is 15.9 Å². The van der Waals surface area contributed by atoms with Crippen LogP contribution in [0.3, 0.4) is 0 Å². The molecule has 1 fully saturated rings. The summed E-state index contributed by atoms with van der Waals surface area (Å²) in [5, 5.41) is 14.2. The molecule has 1 aromatic carbocycles. The van der Waals surface area contributed by atoms with Gasteiger partial charge in [0.2, 0.25) is 5.91 Å². The minimum Gasteiger partial charge on any atom is -0.480 e. The molecule has 1 aliphatic carbocycles. The van der Waals surface area contributed by atoms with Gasteiger partial charge in [0.1, 0.15) is 6.04 Å². The molecule has 0 heterocycles. The SMILES string of the molecule is O=C(CCNC(=O)c1ccc(Br)cc1)NC(C(=O)O)C1CC1. The van der Waals surface area contributed by atoms with Crippen molar-refractivity contribution in [3.63, 3.8) is 0 Å². The molecule has 0 bridgehead atoms. The normalized spacial score (nSPS) is 15.0. The summed E-state index contributed by atoms with van der Waals surface area (Å²) in [6, 6.07) is 6.05. The number of amides is 2. The third kappa shape index (κ3) is 4.84. The fourth-order valence-electron chi connectivity index (χ4n) is 2.05. The Balaban J connectivity index is 1.73. The molecule has 0 aliphatic heterocycles. The Labute approximate surface area is 136 Å². The lowest BCUT2D eigenvalue weighted by molar-refractivity contribution is -0.142. The van der Waals surface area contributed by atoms with E-state index in [2.05, 4.69) is 26.6 Å². The maximum absolute atomic E-state index is 11.8. The van der Waals surface area contributed by atoms with E-state index in [0.29, 0.717) is 5.56 Å². The topological polar surface area (TPSA) is 95.5 Å². The Morgan fingerprint density at radius 1 is 1.23 bits per heavy atom. The van der Waals surface area contributed by atoms with Crippen molar-refractivity contribution in [3.8, 4) is 0 Å². The number of hydrogen-bond donors (Lipinski definition) is 3. The number of halogens is 1. The number of rotatable bonds is 7. The minimum absolute atomic E-state index is 0.0406. The number of carboxylic acid groups (broad SMARTS) is 1. The zero-order chi connectivity index (χ0) is 16.1. The largest absolute Gasteiger partial charge is 0.480 e. The number of carboxylic acids is 1. The molecule has 6 nitrogen and oxygen atoms in total. The van der Waals surface area contributed by atoms with Gasteiger partial charge in [-0.2, -0.15) is 0 Å². The standard InChI is InChI=1S/C15H17BrN2O4/c16-11-5-3-10(4-6-11)14(20)17-8-7-12(19)18-13(15(21)22)9-1-2-9/h3-6,9,13H,1-2,7-8H2,(H,17,20)(H,18,19)(H,21,22). The number of nitrogens with one attached hydrogen (secondary N) is 2. The highest BCUT2D eigenvalue weighted by atomic mass is 79.9. The summed E-state index contributed by atoms with van der Waals surface area (Å²) in [6.07, 6.45) is 1.72. The number of carbonyl (C=O) groups excluding carboxylic acids is 2. The molecule has 0 spiro atoms. The lowest BCUT2D eigenvalue weighted by Crippen LogP contribution is -2.43. The van der Waals surface area contributed by atoms with Crippen LogP contribution < -0.4 is 10.6 Å². The molecule has 22 heavy (non-hydrogen) atoms. The van der Waals surface area contributed by atoms with Gasteiger partial charge in [0, 0.05) is 23.0 Å². The van der Waals surface area contributed by atoms with Crippen LogP contribution in [0.5, 0.6) is 0 Å². The minimum atomic E-state index is -1.00.